The van der Waals surface area contributed by atoms with Crippen molar-refractivity contribution in [3.05, 3.63) is 54.3 Å². The number of likely N-dealkylation sites (N-methyl/N-ethyl adjacent to an activating group) is 1. The predicted molar refractivity (Wildman–Crippen MR) is 151 cm³/mol. The second kappa shape index (κ2) is 9.06. The number of aromatic hydroxyl groups is 1. The molecule has 4 heterocycles. The fourth-order valence-corrected chi connectivity index (χ4v) is 6.56. The first kappa shape index (κ1) is 23.6. The van der Waals surface area contributed by atoms with Crippen LogP contribution in [0.2, 0.25) is 0 Å². The van der Waals surface area contributed by atoms with E-state index >= 15 is 4.39 Å². The Kier molecular flexibility index (Phi) is 5.63. The van der Waals surface area contributed by atoms with Crippen LogP contribution in [0.1, 0.15) is 19.3 Å². The summed E-state index contributed by atoms with van der Waals surface area (Å²) in [4.78, 5) is 16.7. The molecule has 0 amide bonds. The van der Waals surface area contributed by atoms with Crippen molar-refractivity contribution in [2.24, 2.45) is 0 Å². The van der Waals surface area contributed by atoms with Crippen LogP contribution >= 0.6 is 0 Å². The molecule has 0 saturated carbocycles. The Morgan fingerprint density at radius 2 is 1.68 bits per heavy atom. The summed E-state index contributed by atoms with van der Waals surface area (Å²) in [5, 5.41) is 16.6. The number of piperazine rings is 1. The summed E-state index contributed by atoms with van der Waals surface area (Å²) in [6.45, 7) is 3.40. The number of anilines is 2. The fraction of sp³-hybridized carbons (Fsp3) is 0.400. The lowest BCUT2D eigenvalue weighted by Gasteiger charge is -2.35. The Labute approximate surface area is 221 Å². The minimum absolute atomic E-state index is 0.116. The van der Waals surface area contributed by atoms with Gasteiger partial charge in [-0.15, -0.1) is 0 Å². The summed E-state index contributed by atoms with van der Waals surface area (Å²) < 4.78 is 16.6. The number of aromatic nitrogens is 2. The second-order valence-corrected chi connectivity index (χ2v) is 11.3. The number of nitrogens with one attached hydrogen (secondary N) is 1. The molecule has 3 unspecified atom stereocenters. The number of phenols is 1. The van der Waals surface area contributed by atoms with Gasteiger partial charge in [0.25, 0.3) is 0 Å². The van der Waals surface area contributed by atoms with E-state index in [2.05, 4.69) is 34.1 Å². The van der Waals surface area contributed by atoms with Crippen molar-refractivity contribution in [1.29, 1.82) is 0 Å². The average molecular weight is 513 g/mol. The van der Waals surface area contributed by atoms with Crippen LogP contribution in [0.25, 0.3) is 32.8 Å². The third kappa shape index (κ3) is 3.94. The Bertz CT molecular complexity index is 1530. The Morgan fingerprint density at radius 3 is 2.45 bits per heavy atom. The Balaban J connectivity index is 1.40. The van der Waals surface area contributed by atoms with Crippen LogP contribution in [0, 0.1) is 5.82 Å². The third-order valence-corrected chi connectivity index (χ3v) is 8.60. The van der Waals surface area contributed by atoms with Gasteiger partial charge in [0, 0.05) is 55.3 Å². The molecule has 196 valence electrons. The van der Waals surface area contributed by atoms with E-state index in [0.717, 1.165) is 67.4 Å². The highest BCUT2D eigenvalue weighted by Gasteiger charge is 2.35. The highest BCUT2D eigenvalue weighted by molar-refractivity contribution is 6.01. The number of rotatable bonds is 4. The molecule has 0 aliphatic carbocycles. The van der Waals surface area contributed by atoms with Crippen LogP contribution in [0.4, 0.5) is 16.2 Å². The highest BCUT2D eigenvalue weighted by atomic mass is 19.1. The molecule has 3 aliphatic rings. The zero-order valence-electron chi connectivity index (χ0n) is 21.9. The number of hydrogen-bond acceptors (Lipinski definition) is 7. The monoisotopic (exact) mass is 512 g/mol. The van der Waals surface area contributed by atoms with Crippen LogP contribution in [0.5, 0.6) is 5.75 Å². The van der Waals surface area contributed by atoms with E-state index in [9.17, 15) is 5.11 Å². The average Bonchev–Trinajstić information content (AvgIpc) is 3.54. The number of fused-ring (bicyclic) bond motifs is 4. The number of nitrogens with zero attached hydrogens (tertiary/aromatic N) is 5. The first-order valence-electron chi connectivity index (χ1n) is 13.6. The summed E-state index contributed by atoms with van der Waals surface area (Å²) in [5.74, 6) is 1.16. The molecule has 3 atom stereocenters. The number of benzene rings is 3. The van der Waals surface area contributed by atoms with E-state index in [0.29, 0.717) is 40.7 Å². The SMILES string of the molecule is CN(C)C1CCN(c2nc(N3CC4CCC(C3)N4)c3ccc(-c4cc(O)cc5ccccc45)c(F)c3n2)C1. The predicted octanol–water partition coefficient (Wildman–Crippen LogP) is 4.38. The van der Waals surface area contributed by atoms with Gasteiger partial charge in [-0.25, -0.2) is 9.37 Å². The van der Waals surface area contributed by atoms with Gasteiger partial charge in [0.1, 0.15) is 17.1 Å². The topological polar surface area (TPSA) is 67.8 Å². The maximum atomic E-state index is 16.6. The largest absolute Gasteiger partial charge is 0.508 e. The molecule has 7 rings (SSSR count). The second-order valence-electron chi connectivity index (χ2n) is 11.3. The minimum Gasteiger partial charge on any atom is -0.508 e. The lowest BCUT2D eigenvalue weighted by Crippen LogP contribution is -2.51. The summed E-state index contributed by atoms with van der Waals surface area (Å²) in [5.41, 5.74) is 1.44. The van der Waals surface area contributed by atoms with Crippen molar-refractivity contribution in [2.45, 2.75) is 37.4 Å². The molecule has 2 bridgehead atoms. The van der Waals surface area contributed by atoms with Crippen LogP contribution in [0.3, 0.4) is 0 Å². The summed E-state index contributed by atoms with van der Waals surface area (Å²) in [6.07, 6.45) is 3.35. The molecule has 0 spiro atoms. The first-order valence-corrected chi connectivity index (χ1v) is 13.6. The molecule has 3 aliphatic heterocycles. The molecule has 2 N–H and O–H groups in total. The molecule has 38 heavy (non-hydrogen) atoms. The fourth-order valence-electron chi connectivity index (χ4n) is 6.56. The molecule has 4 aromatic rings. The molecule has 1 aromatic heterocycles. The van der Waals surface area contributed by atoms with Gasteiger partial charge in [-0.3, -0.25) is 0 Å². The van der Waals surface area contributed by atoms with Gasteiger partial charge >= 0.3 is 0 Å². The normalized spacial score (nSPS) is 23.3. The third-order valence-electron chi connectivity index (χ3n) is 8.60. The smallest absolute Gasteiger partial charge is 0.228 e. The van der Waals surface area contributed by atoms with E-state index in [4.69, 9.17) is 9.97 Å². The van der Waals surface area contributed by atoms with Crippen molar-refractivity contribution >= 4 is 33.4 Å². The molecule has 3 saturated heterocycles. The molecule has 7 nitrogen and oxygen atoms in total. The van der Waals surface area contributed by atoms with Gasteiger partial charge in [0.15, 0.2) is 5.82 Å². The highest BCUT2D eigenvalue weighted by Crippen LogP contribution is 2.39. The van der Waals surface area contributed by atoms with Crippen molar-refractivity contribution in [3.8, 4) is 16.9 Å². The molecule has 0 radical (unpaired) electrons. The van der Waals surface area contributed by atoms with Crippen LogP contribution < -0.4 is 15.1 Å². The van der Waals surface area contributed by atoms with Gasteiger partial charge in [0.2, 0.25) is 5.95 Å². The molecular formula is C30H33FN6O. The Morgan fingerprint density at radius 1 is 0.895 bits per heavy atom. The van der Waals surface area contributed by atoms with Crippen LogP contribution in [0.15, 0.2) is 48.5 Å². The van der Waals surface area contributed by atoms with E-state index in [-0.39, 0.29) is 11.6 Å². The Hall–Kier alpha value is -3.49. The number of phenolic OH excluding ortho intramolecular Hbond substituents is 1. The van der Waals surface area contributed by atoms with Crippen molar-refractivity contribution in [2.75, 3.05) is 50.1 Å². The quantitative estimate of drug-likeness (QED) is 0.421. The molecule has 8 heteroatoms. The summed E-state index contributed by atoms with van der Waals surface area (Å²) >= 11 is 0. The molecular weight excluding hydrogens is 479 g/mol. The zero-order chi connectivity index (χ0) is 26.0. The van der Waals surface area contributed by atoms with Gasteiger partial charge < -0.3 is 25.1 Å². The summed E-state index contributed by atoms with van der Waals surface area (Å²) in [7, 11) is 4.20. The van der Waals surface area contributed by atoms with Gasteiger partial charge in [-0.05, 0) is 67.9 Å². The molecule has 3 aromatic carbocycles. The molecule has 3 fully saturated rings. The standard InChI is InChI=1S/C30H33FN6O/c1-35(2)21-11-12-36(17-21)30-33-28-25(29(34-30)37-15-19-7-8-20(16-37)32-19)10-9-24(27(28)31)26-14-22(38)13-18-5-3-4-6-23(18)26/h3-6,9-10,13-14,19-21,32,38H,7-8,11-12,15-17H2,1-2H3. The first-order chi connectivity index (χ1) is 18.4. The van der Waals surface area contributed by atoms with Gasteiger partial charge in [-0.1, -0.05) is 30.3 Å². The maximum absolute atomic E-state index is 16.6. The van der Waals surface area contributed by atoms with Crippen LogP contribution in [-0.2, 0) is 0 Å². The van der Waals surface area contributed by atoms with E-state index < -0.39 is 0 Å². The summed E-state index contributed by atoms with van der Waals surface area (Å²) in [6, 6.07) is 16.2. The lowest BCUT2D eigenvalue weighted by atomic mass is 9.96. The van der Waals surface area contributed by atoms with Crippen LogP contribution in [-0.4, -0.2) is 78.4 Å². The van der Waals surface area contributed by atoms with Crippen molar-refractivity contribution in [1.82, 2.24) is 20.2 Å². The van der Waals surface area contributed by atoms with E-state index in [1.807, 2.05) is 36.4 Å². The van der Waals surface area contributed by atoms with E-state index in [1.54, 1.807) is 12.1 Å². The van der Waals surface area contributed by atoms with Gasteiger partial charge in [-0.2, -0.15) is 4.98 Å². The lowest BCUT2D eigenvalue weighted by molar-refractivity contribution is 0.315. The maximum Gasteiger partial charge on any atom is 0.228 e. The minimum atomic E-state index is -0.371. The number of hydrogen-bond donors (Lipinski definition) is 2. The van der Waals surface area contributed by atoms with Crippen molar-refractivity contribution in [3.63, 3.8) is 0 Å². The van der Waals surface area contributed by atoms with Gasteiger partial charge in [0.05, 0.1) is 0 Å². The number of halogens is 1. The zero-order valence-corrected chi connectivity index (χ0v) is 21.9. The van der Waals surface area contributed by atoms with E-state index in [1.165, 1.54) is 0 Å². The van der Waals surface area contributed by atoms with Crippen molar-refractivity contribution < 1.29 is 9.50 Å².